The Bertz CT molecular complexity index is 1160. The van der Waals surface area contributed by atoms with Crippen LogP contribution in [0.1, 0.15) is 21.6 Å². The van der Waals surface area contributed by atoms with Gasteiger partial charge in [0.15, 0.2) is 0 Å². The van der Waals surface area contributed by atoms with E-state index in [0.29, 0.717) is 11.5 Å². The fourth-order valence-electron chi connectivity index (χ4n) is 3.26. The number of aryl methyl sites for hydroxylation is 4. The first kappa shape index (κ1) is 17.5. The molecule has 0 saturated carbocycles. The molecule has 0 amide bonds. The van der Waals surface area contributed by atoms with E-state index in [-0.39, 0.29) is 5.75 Å². The van der Waals surface area contributed by atoms with E-state index in [4.69, 9.17) is 0 Å². The molecular formula is C22H21N3OS. The minimum Gasteiger partial charge on any atom is -0.506 e. The first-order chi connectivity index (χ1) is 12.9. The Morgan fingerprint density at radius 2 is 1.74 bits per heavy atom. The van der Waals surface area contributed by atoms with Crippen LogP contribution in [0.4, 0.5) is 11.5 Å². The Labute approximate surface area is 162 Å². The van der Waals surface area contributed by atoms with E-state index in [1.54, 1.807) is 23.7 Å². The van der Waals surface area contributed by atoms with Gasteiger partial charge in [-0.1, -0.05) is 24.3 Å². The van der Waals surface area contributed by atoms with Gasteiger partial charge in [0, 0.05) is 10.4 Å². The molecule has 0 radical (unpaired) electrons. The van der Waals surface area contributed by atoms with Crippen LogP contribution >= 0.6 is 11.3 Å². The number of phenols is 1. The van der Waals surface area contributed by atoms with Gasteiger partial charge in [0.25, 0.3) is 0 Å². The zero-order chi connectivity index (χ0) is 19.1. The Balaban J connectivity index is 1.90. The lowest BCUT2D eigenvalue weighted by atomic mass is 9.99. The fraction of sp³-hybridized carbons (Fsp3) is 0.182. The number of phenolic OH excluding ortho intramolecular Hbond substituents is 1. The minimum atomic E-state index is 0.210. The van der Waals surface area contributed by atoms with Crippen LogP contribution in [0.25, 0.3) is 21.3 Å². The summed E-state index contributed by atoms with van der Waals surface area (Å²) in [7, 11) is 0. The van der Waals surface area contributed by atoms with Crippen LogP contribution in [0, 0.1) is 27.7 Å². The number of fused-ring (bicyclic) bond motifs is 1. The first-order valence-electron chi connectivity index (χ1n) is 8.82. The van der Waals surface area contributed by atoms with E-state index in [1.165, 1.54) is 16.0 Å². The molecule has 4 aromatic rings. The standard InChI is InChI=1S/C22H21N3OS/c1-12-5-8-17(18(26)9-12)25-21-20-19(15(4)27-22(20)24-11-23-21)16-7-6-13(2)14(3)10-16/h5-11,26H,1-4H3,(H,23,24,25). The van der Waals surface area contributed by atoms with Crippen molar-refractivity contribution in [2.24, 2.45) is 0 Å². The molecule has 0 aliphatic heterocycles. The second kappa shape index (κ2) is 6.67. The number of hydrogen-bond donors (Lipinski definition) is 2. The Hall–Kier alpha value is -2.92. The van der Waals surface area contributed by atoms with E-state index in [2.05, 4.69) is 54.3 Å². The van der Waals surface area contributed by atoms with Crippen LogP contribution in [0.2, 0.25) is 0 Å². The van der Waals surface area contributed by atoms with Crippen molar-refractivity contribution in [1.29, 1.82) is 0 Å². The third-order valence-corrected chi connectivity index (χ3v) is 5.88. The molecule has 0 aliphatic carbocycles. The maximum absolute atomic E-state index is 10.3. The molecule has 4 rings (SSSR count). The van der Waals surface area contributed by atoms with Crippen molar-refractivity contribution in [2.45, 2.75) is 27.7 Å². The molecule has 2 aromatic carbocycles. The van der Waals surface area contributed by atoms with Crippen LogP contribution < -0.4 is 5.32 Å². The number of anilines is 2. The molecular weight excluding hydrogens is 354 g/mol. The van der Waals surface area contributed by atoms with Crippen LogP contribution in [0.3, 0.4) is 0 Å². The van der Waals surface area contributed by atoms with Crippen LogP contribution in [0.5, 0.6) is 5.75 Å². The number of aromatic hydroxyl groups is 1. The van der Waals surface area contributed by atoms with Gasteiger partial charge in [0.05, 0.1) is 11.1 Å². The predicted octanol–water partition coefficient (Wildman–Crippen LogP) is 6.04. The second-order valence-corrected chi connectivity index (χ2v) is 8.08. The van der Waals surface area contributed by atoms with Gasteiger partial charge in [-0.25, -0.2) is 9.97 Å². The maximum Gasteiger partial charge on any atom is 0.143 e. The summed E-state index contributed by atoms with van der Waals surface area (Å²) in [5, 5.41) is 14.6. The van der Waals surface area contributed by atoms with Gasteiger partial charge in [-0.3, -0.25) is 0 Å². The maximum atomic E-state index is 10.3. The lowest BCUT2D eigenvalue weighted by Gasteiger charge is -2.11. The zero-order valence-electron chi connectivity index (χ0n) is 15.8. The highest BCUT2D eigenvalue weighted by molar-refractivity contribution is 7.19. The van der Waals surface area contributed by atoms with Crippen molar-refractivity contribution in [3.63, 3.8) is 0 Å². The predicted molar refractivity (Wildman–Crippen MR) is 113 cm³/mol. The van der Waals surface area contributed by atoms with Gasteiger partial charge in [-0.2, -0.15) is 0 Å². The number of rotatable bonds is 3. The van der Waals surface area contributed by atoms with Crippen molar-refractivity contribution in [2.75, 3.05) is 5.32 Å². The van der Waals surface area contributed by atoms with Crippen molar-refractivity contribution < 1.29 is 5.11 Å². The highest BCUT2D eigenvalue weighted by Gasteiger charge is 2.18. The summed E-state index contributed by atoms with van der Waals surface area (Å²) in [6.07, 6.45) is 1.57. The lowest BCUT2D eigenvalue weighted by Crippen LogP contribution is -1.96. The van der Waals surface area contributed by atoms with Crippen molar-refractivity contribution in [1.82, 2.24) is 9.97 Å². The van der Waals surface area contributed by atoms with Gasteiger partial charge < -0.3 is 10.4 Å². The number of benzene rings is 2. The summed E-state index contributed by atoms with van der Waals surface area (Å²) in [4.78, 5) is 11.1. The zero-order valence-corrected chi connectivity index (χ0v) is 16.6. The number of nitrogens with one attached hydrogen (secondary N) is 1. The van der Waals surface area contributed by atoms with Crippen molar-refractivity contribution in [3.05, 3.63) is 64.3 Å². The smallest absolute Gasteiger partial charge is 0.143 e. The van der Waals surface area contributed by atoms with E-state index < -0.39 is 0 Å². The number of hydrogen-bond acceptors (Lipinski definition) is 5. The van der Waals surface area contributed by atoms with Crippen molar-refractivity contribution >= 4 is 33.1 Å². The Morgan fingerprint density at radius 3 is 2.48 bits per heavy atom. The van der Waals surface area contributed by atoms with Crippen LogP contribution in [0.15, 0.2) is 42.7 Å². The van der Waals surface area contributed by atoms with E-state index >= 15 is 0 Å². The highest BCUT2D eigenvalue weighted by atomic mass is 32.1. The monoisotopic (exact) mass is 375 g/mol. The quantitative estimate of drug-likeness (QED) is 0.429. The second-order valence-electron chi connectivity index (χ2n) is 6.88. The molecule has 0 atom stereocenters. The third-order valence-electron chi connectivity index (χ3n) is 4.87. The molecule has 2 aromatic heterocycles. The molecule has 5 heteroatoms. The molecule has 27 heavy (non-hydrogen) atoms. The highest BCUT2D eigenvalue weighted by Crippen LogP contribution is 2.42. The topological polar surface area (TPSA) is 58.0 Å². The number of aromatic nitrogens is 2. The summed E-state index contributed by atoms with van der Waals surface area (Å²) in [5.41, 5.74) is 6.48. The normalized spacial score (nSPS) is 11.1. The Morgan fingerprint density at radius 1 is 0.926 bits per heavy atom. The molecule has 0 aliphatic rings. The largest absolute Gasteiger partial charge is 0.506 e. The van der Waals surface area contributed by atoms with Crippen LogP contribution in [-0.2, 0) is 0 Å². The summed E-state index contributed by atoms with van der Waals surface area (Å²) in [6, 6.07) is 12.1. The first-order valence-corrected chi connectivity index (χ1v) is 9.64. The lowest BCUT2D eigenvalue weighted by molar-refractivity contribution is 0.477. The van der Waals surface area contributed by atoms with Crippen LogP contribution in [-0.4, -0.2) is 15.1 Å². The fourth-order valence-corrected chi connectivity index (χ4v) is 4.27. The number of thiophene rings is 1. The van der Waals surface area contributed by atoms with Gasteiger partial charge >= 0.3 is 0 Å². The molecule has 0 unspecified atom stereocenters. The summed E-state index contributed by atoms with van der Waals surface area (Å²) < 4.78 is 0. The average molecular weight is 375 g/mol. The summed E-state index contributed by atoms with van der Waals surface area (Å²) in [5.74, 6) is 0.915. The van der Waals surface area contributed by atoms with Gasteiger partial charge in [-0.15, -0.1) is 11.3 Å². The van der Waals surface area contributed by atoms with E-state index in [0.717, 1.165) is 26.9 Å². The molecule has 136 valence electrons. The summed E-state index contributed by atoms with van der Waals surface area (Å²) >= 11 is 1.66. The third kappa shape index (κ3) is 3.15. The molecule has 0 spiro atoms. The van der Waals surface area contributed by atoms with Gasteiger partial charge in [0.1, 0.15) is 22.7 Å². The molecule has 0 bridgehead atoms. The molecule has 2 heterocycles. The summed E-state index contributed by atoms with van der Waals surface area (Å²) in [6.45, 7) is 8.31. The van der Waals surface area contributed by atoms with Crippen molar-refractivity contribution in [3.8, 4) is 16.9 Å². The van der Waals surface area contributed by atoms with E-state index in [1.807, 2.05) is 19.1 Å². The Kier molecular flexibility index (Phi) is 4.32. The number of nitrogens with zero attached hydrogens (tertiary/aromatic N) is 2. The average Bonchev–Trinajstić information content (AvgIpc) is 2.96. The SMILES string of the molecule is Cc1ccc(Nc2ncnc3sc(C)c(-c4ccc(C)c(C)c4)c23)c(O)c1. The van der Waals surface area contributed by atoms with E-state index in [9.17, 15) is 5.11 Å². The minimum absolute atomic E-state index is 0.210. The van der Waals surface area contributed by atoms with Gasteiger partial charge in [0.2, 0.25) is 0 Å². The molecule has 0 fully saturated rings. The molecule has 2 N–H and O–H groups in total. The molecule has 4 nitrogen and oxygen atoms in total. The molecule has 0 saturated heterocycles. The van der Waals surface area contributed by atoms with Gasteiger partial charge in [-0.05, 0) is 62.1 Å².